The second kappa shape index (κ2) is 5.64. The van der Waals surface area contributed by atoms with Gasteiger partial charge in [0, 0.05) is 4.47 Å². The van der Waals surface area contributed by atoms with Crippen LogP contribution in [0.2, 0.25) is 0 Å². The summed E-state index contributed by atoms with van der Waals surface area (Å²) in [5.74, 6) is 0.255. The van der Waals surface area contributed by atoms with Gasteiger partial charge < -0.3 is 0 Å². The van der Waals surface area contributed by atoms with Gasteiger partial charge >= 0.3 is 0 Å². The molecule has 0 fully saturated rings. The van der Waals surface area contributed by atoms with E-state index in [1.807, 2.05) is 32.0 Å². The van der Waals surface area contributed by atoms with Gasteiger partial charge in [0.25, 0.3) is 10.0 Å². The Morgan fingerprint density at radius 2 is 1.89 bits per heavy atom. The van der Waals surface area contributed by atoms with E-state index in [1.54, 1.807) is 17.5 Å². The number of para-hydroxylation sites is 1. The van der Waals surface area contributed by atoms with Crippen LogP contribution in [0.4, 0.5) is 5.69 Å². The van der Waals surface area contributed by atoms with Crippen LogP contribution in [-0.2, 0) is 10.0 Å². The maximum Gasteiger partial charge on any atom is 0.272 e. The number of hydrogen-bond acceptors (Lipinski definition) is 3. The lowest BCUT2D eigenvalue weighted by molar-refractivity contribution is 0.602. The zero-order valence-electron chi connectivity index (χ0n) is 10.6. The van der Waals surface area contributed by atoms with Gasteiger partial charge in [0.05, 0.1) is 5.69 Å². The first kappa shape index (κ1) is 14.6. The molecule has 0 spiro atoms. The molecule has 0 unspecified atom stereocenters. The molecule has 102 valence electrons. The molecule has 0 amide bonds. The van der Waals surface area contributed by atoms with Crippen molar-refractivity contribution in [3.05, 3.63) is 45.7 Å². The lowest BCUT2D eigenvalue weighted by atomic mass is 10.0. The standard InChI is InChI=1S/C13H14BrNO2S2/c1-9(2)10-5-3-4-6-12(10)15-19(16,17)13-11(14)7-8-18-13/h3-9,15H,1-2H3. The van der Waals surface area contributed by atoms with Crippen LogP contribution >= 0.6 is 27.3 Å². The summed E-state index contributed by atoms with van der Waals surface area (Å²) in [4.78, 5) is 0. The fourth-order valence-corrected chi connectivity index (χ4v) is 5.18. The monoisotopic (exact) mass is 359 g/mol. The molecule has 0 saturated heterocycles. The number of thiophene rings is 1. The molecule has 0 radical (unpaired) electrons. The average molecular weight is 360 g/mol. The van der Waals surface area contributed by atoms with Crippen molar-refractivity contribution in [2.24, 2.45) is 0 Å². The fourth-order valence-electron chi connectivity index (χ4n) is 1.76. The van der Waals surface area contributed by atoms with E-state index in [4.69, 9.17) is 0 Å². The van der Waals surface area contributed by atoms with Gasteiger partial charge in [-0.05, 0) is 44.9 Å². The maximum absolute atomic E-state index is 12.3. The van der Waals surface area contributed by atoms with Crippen molar-refractivity contribution in [3.63, 3.8) is 0 Å². The highest BCUT2D eigenvalue weighted by molar-refractivity contribution is 9.10. The van der Waals surface area contributed by atoms with Crippen LogP contribution in [-0.4, -0.2) is 8.42 Å². The first-order valence-electron chi connectivity index (χ1n) is 5.76. The predicted octanol–water partition coefficient (Wildman–Crippen LogP) is 4.43. The Kier molecular flexibility index (Phi) is 4.32. The maximum atomic E-state index is 12.3. The molecule has 0 saturated carbocycles. The van der Waals surface area contributed by atoms with Gasteiger partial charge in [0.15, 0.2) is 4.21 Å². The molecule has 1 N–H and O–H groups in total. The summed E-state index contributed by atoms with van der Waals surface area (Å²) < 4.78 is 28.2. The first-order chi connectivity index (χ1) is 8.92. The summed E-state index contributed by atoms with van der Waals surface area (Å²) in [6.45, 7) is 4.07. The predicted molar refractivity (Wildman–Crippen MR) is 83.4 cm³/mol. The van der Waals surface area contributed by atoms with Crippen LogP contribution in [0.5, 0.6) is 0 Å². The van der Waals surface area contributed by atoms with Gasteiger partial charge in [-0.3, -0.25) is 4.72 Å². The summed E-state index contributed by atoms with van der Waals surface area (Å²) in [5.41, 5.74) is 1.62. The second-order valence-electron chi connectivity index (χ2n) is 4.40. The minimum absolute atomic E-state index is 0.255. The molecule has 0 bridgehead atoms. The number of rotatable bonds is 4. The van der Waals surface area contributed by atoms with E-state index in [1.165, 1.54) is 11.3 Å². The molecule has 3 nitrogen and oxygen atoms in total. The fraction of sp³-hybridized carbons (Fsp3) is 0.231. The number of halogens is 1. The molecule has 1 aromatic carbocycles. The van der Waals surface area contributed by atoms with Crippen LogP contribution in [0, 0.1) is 0 Å². The van der Waals surface area contributed by atoms with E-state index in [9.17, 15) is 8.42 Å². The second-order valence-corrected chi connectivity index (χ2v) is 8.05. The highest BCUT2D eigenvalue weighted by Gasteiger charge is 2.20. The third-order valence-electron chi connectivity index (χ3n) is 2.66. The minimum atomic E-state index is -3.54. The van der Waals surface area contributed by atoms with Gasteiger partial charge in [0.2, 0.25) is 0 Å². The Balaban J connectivity index is 2.39. The van der Waals surface area contributed by atoms with E-state index < -0.39 is 10.0 Å². The summed E-state index contributed by atoms with van der Waals surface area (Å²) >= 11 is 4.45. The van der Waals surface area contributed by atoms with Crippen LogP contribution in [0.1, 0.15) is 25.3 Å². The number of benzene rings is 1. The SMILES string of the molecule is CC(C)c1ccccc1NS(=O)(=O)c1sccc1Br. The van der Waals surface area contributed by atoms with Crippen LogP contribution in [0.3, 0.4) is 0 Å². The van der Waals surface area contributed by atoms with E-state index in [-0.39, 0.29) is 5.92 Å². The minimum Gasteiger partial charge on any atom is -0.279 e. The Labute approximate surface area is 125 Å². The summed E-state index contributed by atoms with van der Waals surface area (Å²) in [5, 5.41) is 1.74. The van der Waals surface area contributed by atoms with Crippen molar-refractivity contribution >= 4 is 43.0 Å². The molecule has 2 aromatic rings. The highest BCUT2D eigenvalue weighted by Crippen LogP contribution is 2.31. The van der Waals surface area contributed by atoms with Crippen LogP contribution in [0.15, 0.2) is 44.4 Å². The molecular formula is C13H14BrNO2S2. The molecule has 0 aliphatic heterocycles. The highest BCUT2D eigenvalue weighted by atomic mass is 79.9. The molecule has 2 rings (SSSR count). The van der Waals surface area contributed by atoms with Gasteiger partial charge in [0.1, 0.15) is 0 Å². The molecule has 0 atom stereocenters. The Bertz CT molecular complexity index is 677. The third-order valence-corrected chi connectivity index (χ3v) is 6.69. The molecule has 0 aliphatic carbocycles. The van der Waals surface area contributed by atoms with E-state index in [0.29, 0.717) is 14.4 Å². The van der Waals surface area contributed by atoms with Crippen LogP contribution in [0.25, 0.3) is 0 Å². The molecule has 19 heavy (non-hydrogen) atoms. The Hall–Kier alpha value is -0.850. The van der Waals surface area contributed by atoms with Crippen LogP contribution < -0.4 is 4.72 Å². The lowest BCUT2D eigenvalue weighted by Gasteiger charge is -2.14. The quantitative estimate of drug-likeness (QED) is 0.877. The summed E-state index contributed by atoms with van der Waals surface area (Å²) in [6.07, 6.45) is 0. The van der Waals surface area contributed by atoms with Gasteiger partial charge in [-0.25, -0.2) is 8.42 Å². The largest absolute Gasteiger partial charge is 0.279 e. The smallest absolute Gasteiger partial charge is 0.272 e. The van der Waals surface area contributed by atoms with Gasteiger partial charge in [-0.2, -0.15) is 0 Å². The summed E-state index contributed by atoms with van der Waals surface area (Å²) in [7, 11) is -3.54. The van der Waals surface area contributed by atoms with Gasteiger partial charge in [-0.15, -0.1) is 11.3 Å². The average Bonchev–Trinajstić information content (AvgIpc) is 2.76. The number of hydrogen-bond donors (Lipinski definition) is 1. The Morgan fingerprint density at radius 3 is 2.47 bits per heavy atom. The zero-order chi connectivity index (χ0) is 14.0. The van der Waals surface area contributed by atoms with E-state index in [2.05, 4.69) is 20.7 Å². The number of anilines is 1. The molecular weight excluding hydrogens is 346 g/mol. The normalized spacial score (nSPS) is 11.8. The van der Waals surface area contributed by atoms with E-state index >= 15 is 0 Å². The first-order valence-corrected chi connectivity index (χ1v) is 8.92. The van der Waals surface area contributed by atoms with Crippen molar-refractivity contribution < 1.29 is 8.42 Å². The summed E-state index contributed by atoms with van der Waals surface area (Å²) in [6, 6.07) is 9.19. The van der Waals surface area contributed by atoms with Gasteiger partial charge in [-0.1, -0.05) is 32.0 Å². The van der Waals surface area contributed by atoms with Crippen molar-refractivity contribution in [1.82, 2.24) is 0 Å². The topological polar surface area (TPSA) is 46.2 Å². The van der Waals surface area contributed by atoms with Crippen molar-refractivity contribution in [2.75, 3.05) is 4.72 Å². The molecule has 1 heterocycles. The third kappa shape index (κ3) is 3.19. The zero-order valence-corrected chi connectivity index (χ0v) is 13.8. The lowest BCUT2D eigenvalue weighted by Crippen LogP contribution is -2.13. The molecule has 6 heteroatoms. The molecule has 0 aliphatic rings. The number of sulfonamides is 1. The van der Waals surface area contributed by atoms with E-state index in [0.717, 1.165) is 5.56 Å². The van der Waals surface area contributed by atoms with Crippen molar-refractivity contribution in [3.8, 4) is 0 Å². The Morgan fingerprint density at radius 1 is 1.21 bits per heavy atom. The molecule has 1 aromatic heterocycles. The van der Waals surface area contributed by atoms with Crippen molar-refractivity contribution in [2.45, 2.75) is 24.0 Å². The van der Waals surface area contributed by atoms with Crippen molar-refractivity contribution in [1.29, 1.82) is 0 Å². The number of nitrogens with one attached hydrogen (secondary N) is 1.